The van der Waals surface area contributed by atoms with Gasteiger partial charge in [0.1, 0.15) is 11.9 Å². The van der Waals surface area contributed by atoms with Gasteiger partial charge in [-0.1, -0.05) is 12.5 Å². The van der Waals surface area contributed by atoms with Crippen molar-refractivity contribution in [3.63, 3.8) is 0 Å². The van der Waals surface area contributed by atoms with Gasteiger partial charge in [-0.25, -0.2) is 9.38 Å². The summed E-state index contributed by atoms with van der Waals surface area (Å²) in [7, 11) is 5.13. The molecular formula is C38H56FN8O4+. The fraction of sp³-hybridized carbons (Fsp3) is 0.553. The Balaban J connectivity index is 1.32. The number of halogens is 1. The van der Waals surface area contributed by atoms with Crippen molar-refractivity contribution < 1.29 is 28.1 Å². The molecule has 0 bridgehead atoms. The van der Waals surface area contributed by atoms with Crippen molar-refractivity contribution in [2.45, 2.75) is 63.8 Å². The van der Waals surface area contributed by atoms with E-state index in [-0.39, 0.29) is 28.4 Å². The van der Waals surface area contributed by atoms with E-state index in [0.717, 1.165) is 83.0 Å². The van der Waals surface area contributed by atoms with Gasteiger partial charge >= 0.3 is 0 Å². The Bertz CT molecular complexity index is 1530. The summed E-state index contributed by atoms with van der Waals surface area (Å²) in [6, 6.07) is 1.79. The van der Waals surface area contributed by atoms with Crippen molar-refractivity contribution in [2.24, 2.45) is 22.4 Å². The molecule has 5 N–H and O–H groups in total. The molecule has 0 aromatic heterocycles. The molecule has 2 heterocycles. The molecule has 1 saturated carbocycles. The number of likely N-dealkylation sites (tertiary alicyclic amines) is 1. The first-order chi connectivity index (χ1) is 24.4. The predicted molar refractivity (Wildman–Crippen MR) is 199 cm³/mol. The third-order valence-electron chi connectivity index (χ3n) is 10.7. The van der Waals surface area contributed by atoms with Crippen molar-refractivity contribution in [3.8, 4) is 0 Å². The monoisotopic (exact) mass is 707 g/mol. The zero-order chi connectivity index (χ0) is 37.1. The molecule has 1 aromatic rings. The Morgan fingerprint density at radius 3 is 2.37 bits per heavy atom. The lowest BCUT2D eigenvalue weighted by molar-refractivity contribution is -0.879. The average molecular weight is 708 g/mol. The number of nitrogens with one attached hydrogen (secondary N) is 1. The lowest BCUT2D eigenvalue weighted by Crippen LogP contribution is -2.53. The topological polar surface area (TPSA) is 154 Å². The number of rotatable bonds is 13. The molecule has 3 aliphatic rings. The fourth-order valence-corrected chi connectivity index (χ4v) is 7.25. The molecule has 1 aliphatic carbocycles. The number of allylic oxidation sites excluding steroid dienone is 3. The molecule has 2 aliphatic heterocycles. The second kappa shape index (κ2) is 18.2. The van der Waals surface area contributed by atoms with Crippen LogP contribution in [0.15, 0.2) is 53.5 Å². The van der Waals surface area contributed by atoms with Crippen LogP contribution in [0.2, 0.25) is 0 Å². The quantitative estimate of drug-likeness (QED) is 0.0928. The Hall–Kier alpha value is -4.36. The highest BCUT2D eigenvalue weighted by Crippen LogP contribution is 2.29. The summed E-state index contributed by atoms with van der Waals surface area (Å²) < 4.78 is 15.9. The smallest absolute Gasteiger partial charge is 0.292 e. The molecule has 4 rings (SSSR count). The summed E-state index contributed by atoms with van der Waals surface area (Å²) in [5.74, 6) is -0.660. The number of quaternary nitrogens is 1. The standard InChI is InChI=1S/C38H55FN8O4/c1-5-6-12-33(37(50)42-2)44(3)38(51)30-24-34(31(39)23-28(30)26-48)46-19-17-45(18-20-46)25-27-15-21-47(4,22-16-27)35(41)14-13-32(40)36(49)43-29-10-8-7-9-11-29/h5,13-14,23-24,26-27,33H,1,6-12,15-22,25H2,2-4H3,(H4-,40,41,42,48,49,50,51)/p+1. The van der Waals surface area contributed by atoms with Crippen molar-refractivity contribution >= 4 is 35.4 Å². The first kappa shape index (κ1) is 39.4. The Morgan fingerprint density at radius 2 is 1.76 bits per heavy atom. The number of amides is 3. The molecule has 1 aromatic carbocycles. The third kappa shape index (κ3) is 10.1. The lowest BCUT2D eigenvalue weighted by Gasteiger charge is -2.42. The molecule has 3 amide bonds. The minimum absolute atomic E-state index is 0.0541. The van der Waals surface area contributed by atoms with E-state index in [2.05, 4.69) is 28.8 Å². The van der Waals surface area contributed by atoms with Crippen LogP contribution in [0, 0.1) is 11.7 Å². The third-order valence-corrected chi connectivity index (χ3v) is 10.7. The van der Waals surface area contributed by atoms with Crippen LogP contribution in [0.1, 0.15) is 78.5 Å². The molecule has 13 heteroatoms. The number of aldehydes is 1. The van der Waals surface area contributed by atoms with Gasteiger partial charge in [-0.05, 0) is 62.7 Å². The molecule has 1 atom stereocenters. The molecule has 0 radical (unpaired) electrons. The minimum Gasteiger partial charge on any atom is -0.394 e. The summed E-state index contributed by atoms with van der Waals surface area (Å²) in [4.78, 5) is 60.4. The van der Waals surface area contributed by atoms with Crippen LogP contribution in [0.3, 0.4) is 0 Å². The number of aliphatic imine (C=N–C) groups is 1. The number of carbonyl (C=O) groups is 4. The maximum absolute atomic E-state index is 15.4. The first-order valence-electron chi connectivity index (χ1n) is 18.1. The number of likely N-dealkylation sites (N-methyl/N-ethyl adjacent to an activating group) is 2. The van der Waals surface area contributed by atoms with Crippen LogP contribution in [-0.2, 0) is 9.59 Å². The van der Waals surface area contributed by atoms with Crippen molar-refractivity contribution in [1.82, 2.24) is 15.1 Å². The maximum atomic E-state index is 15.4. The maximum Gasteiger partial charge on any atom is 0.292 e. The number of piperazine rings is 1. The second-order valence-corrected chi connectivity index (χ2v) is 14.3. The molecular weight excluding hydrogens is 651 g/mol. The summed E-state index contributed by atoms with van der Waals surface area (Å²) in [6.07, 6.45) is 13.4. The molecule has 0 spiro atoms. The average Bonchev–Trinajstić information content (AvgIpc) is 3.14. The molecule has 3 fully saturated rings. The van der Waals surface area contributed by atoms with Crippen LogP contribution in [0.5, 0.6) is 0 Å². The van der Waals surface area contributed by atoms with Crippen LogP contribution < -0.4 is 21.7 Å². The number of piperidine rings is 1. The number of carbonyl (C=O) groups excluding carboxylic acids is 4. The Labute approximate surface area is 301 Å². The van der Waals surface area contributed by atoms with E-state index < -0.39 is 23.7 Å². The van der Waals surface area contributed by atoms with Gasteiger partial charge < -0.3 is 26.6 Å². The van der Waals surface area contributed by atoms with Crippen LogP contribution in [0.4, 0.5) is 10.1 Å². The molecule has 278 valence electrons. The second-order valence-electron chi connectivity index (χ2n) is 14.3. The van der Waals surface area contributed by atoms with Crippen molar-refractivity contribution in [1.29, 1.82) is 0 Å². The van der Waals surface area contributed by atoms with E-state index in [9.17, 15) is 19.2 Å². The highest BCUT2D eigenvalue weighted by atomic mass is 19.1. The van der Waals surface area contributed by atoms with Crippen LogP contribution >= 0.6 is 0 Å². The van der Waals surface area contributed by atoms with E-state index in [1.807, 2.05) is 4.90 Å². The molecule has 12 nitrogen and oxygen atoms in total. The van der Waals surface area contributed by atoms with Gasteiger partial charge in [0.15, 0.2) is 12.1 Å². The summed E-state index contributed by atoms with van der Waals surface area (Å²) >= 11 is 0. The van der Waals surface area contributed by atoms with E-state index >= 15 is 4.39 Å². The lowest BCUT2D eigenvalue weighted by atomic mass is 9.94. The SMILES string of the molecule is C=CCCC(C(=O)NC)N(C)C(=O)c1cc(N2CCN(CC3CC[N+](C)(/C(N)=C/C=C(\N)C(=O)N=C4CCCCC4)CC3)CC2)c(F)cc1C=O. The Morgan fingerprint density at radius 1 is 1.10 bits per heavy atom. The van der Waals surface area contributed by atoms with Gasteiger partial charge in [-0.3, -0.25) is 28.6 Å². The highest BCUT2D eigenvalue weighted by molar-refractivity contribution is 6.04. The fourth-order valence-electron chi connectivity index (χ4n) is 7.25. The van der Waals surface area contributed by atoms with Crippen LogP contribution in [0.25, 0.3) is 0 Å². The molecule has 1 unspecified atom stereocenters. The summed E-state index contributed by atoms with van der Waals surface area (Å²) in [5, 5.41) is 2.59. The summed E-state index contributed by atoms with van der Waals surface area (Å²) in [5.41, 5.74) is 13.9. The number of benzene rings is 1. The number of nitrogens with two attached hydrogens (primary N) is 2. The molecule has 51 heavy (non-hydrogen) atoms. The van der Waals surface area contributed by atoms with E-state index in [1.165, 1.54) is 31.5 Å². The van der Waals surface area contributed by atoms with Gasteiger partial charge in [0.05, 0.1) is 37.1 Å². The van der Waals surface area contributed by atoms with Gasteiger partial charge in [0.2, 0.25) is 5.91 Å². The van der Waals surface area contributed by atoms with Gasteiger partial charge in [-0.2, -0.15) is 0 Å². The van der Waals surface area contributed by atoms with Gasteiger partial charge in [0.25, 0.3) is 11.8 Å². The van der Waals surface area contributed by atoms with Crippen molar-refractivity contribution in [3.05, 3.63) is 65.4 Å². The minimum atomic E-state index is -0.765. The molecule has 2 saturated heterocycles. The van der Waals surface area contributed by atoms with E-state index in [4.69, 9.17) is 11.5 Å². The predicted octanol–water partition coefficient (Wildman–Crippen LogP) is 3.34. The number of anilines is 1. The Kier molecular flexibility index (Phi) is 14.1. The van der Waals surface area contributed by atoms with Gasteiger partial charge in [0, 0.05) is 77.0 Å². The largest absolute Gasteiger partial charge is 0.394 e. The highest BCUT2D eigenvalue weighted by Gasteiger charge is 2.34. The zero-order valence-corrected chi connectivity index (χ0v) is 30.5. The van der Waals surface area contributed by atoms with E-state index in [0.29, 0.717) is 48.4 Å². The summed E-state index contributed by atoms with van der Waals surface area (Å²) in [6.45, 7) is 8.94. The number of hydrogen-bond acceptors (Lipinski definition) is 8. The van der Waals surface area contributed by atoms with Gasteiger partial charge in [-0.15, -0.1) is 6.58 Å². The zero-order valence-electron chi connectivity index (χ0n) is 30.5. The normalized spacial score (nSPS) is 22.5. The van der Waals surface area contributed by atoms with Crippen molar-refractivity contribution in [2.75, 3.05) is 71.9 Å². The van der Waals surface area contributed by atoms with Crippen LogP contribution in [-0.4, -0.2) is 117 Å². The first-order valence-corrected chi connectivity index (χ1v) is 18.1. The van der Waals surface area contributed by atoms with E-state index in [1.54, 1.807) is 18.2 Å². The number of hydrogen-bond donors (Lipinski definition) is 3. The number of nitrogens with zero attached hydrogens (tertiary/aromatic N) is 5.